The van der Waals surface area contributed by atoms with Gasteiger partial charge in [0.2, 0.25) is 0 Å². The molecule has 0 heterocycles. The molecule has 0 aromatic heterocycles. The summed E-state index contributed by atoms with van der Waals surface area (Å²) < 4.78 is 0. The standard InChI is InChI=1S/C44H54Si2.C42H50Si2.C32H30Si2/c1-29(2)45(30(3)4,31(5)6)23-21-39-41-25-35-17-13-15-19-37(35)27-43(41)40(22-24-46(32(7)8,33(9)10)34(11)12)44-28-38-20-16-14-18-36(38)26-42(39)44;1-11-43(12-2,13-3)23-21-33-39-25-35-29(7)17-19-31(9)37(35)27-41(39)34(22-24-44(14-4,15-5)16-6)42-28-38-32(10)20-18-30(8)36(38)26-40(33)42;1-33(2,3)17-15-27-29-19-23-11-7-9-13-25(23)21-31(29)28(16-18-34(4,5)6)32-22-26-14-10-8-12-24(26)20-30(27)32/h13-20,25-34H,1-12H3;17-20,25-28H,11-16H2,1-10H3;7-14,19-22H,1-6H3. The third-order valence-corrected chi connectivity index (χ3v) is 52.4. The molecule has 0 fully saturated rings. The zero-order chi connectivity index (χ0) is 89.4. The van der Waals surface area contributed by atoms with Crippen LogP contribution >= 0.6 is 0 Å². The van der Waals surface area contributed by atoms with E-state index in [1.165, 1.54) is 210 Å². The largest absolute Gasteiger partial charge is 0.146 e. The van der Waals surface area contributed by atoms with Crippen LogP contribution in [0.1, 0.15) is 180 Å². The number of benzene rings is 15. The van der Waals surface area contributed by atoms with Crippen LogP contribution in [0.25, 0.3) is 129 Å². The van der Waals surface area contributed by atoms with E-state index in [2.05, 4.69) is 455 Å². The van der Waals surface area contributed by atoms with Gasteiger partial charge in [-0.1, -0.05) is 321 Å². The Labute approximate surface area is 751 Å². The summed E-state index contributed by atoms with van der Waals surface area (Å²) in [5, 5.41) is 30.2. The SMILES string of the molecule is CC(C)[Si](C#Cc1c2cc3ccccc3cc2c(C#C[Si](C(C)C)(C(C)C)C(C)C)c2cc3ccccc3cc12)(C(C)C)C(C)C.CC[Si](C#Cc1c2cc3c(C)ccc(C)c3cc2c(C#C[Si](CC)(CC)CC)c2cc3c(C)ccc(C)c3cc12)(CC)CC.C[Si](C)(C)C#Cc1c2cc3ccccc3cc2c(C#C[Si](C)(C)C)c2cc3ccccc3cc12. The fourth-order valence-electron chi connectivity index (χ4n) is 20.6. The molecule has 0 saturated carbocycles. The molecular formula is C118H134Si6. The van der Waals surface area contributed by atoms with Gasteiger partial charge in [0, 0.05) is 33.4 Å². The Morgan fingerprint density at radius 1 is 0.202 bits per heavy atom. The Balaban J connectivity index is 0.000000162. The van der Waals surface area contributed by atoms with Gasteiger partial charge in [-0.25, -0.2) is 0 Å². The van der Waals surface area contributed by atoms with Gasteiger partial charge < -0.3 is 0 Å². The van der Waals surface area contributed by atoms with E-state index in [0.717, 1.165) is 11.1 Å². The monoisotopic (exact) mass is 1720 g/mol. The third-order valence-electron chi connectivity index (χ3n) is 28.6. The van der Waals surface area contributed by atoms with Gasteiger partial charge in [0.25, 0.3) is 0 Å². The highest BCUT2D eigenvalue weighted by molar-refractivity contribution is 6.91. The third kappa shape index (κ3) is 17.9. The van der Waals surface area contributed by atoms with Crippen molar-refractivity contribution in [1.29, 1.82) is 0 Å². The smallest absolute Gasteiger partial charge is 0.127 e. The molecule has 0 unspecified atom stereocenters. The van der Waals surface area contributed by atoms with Crippen molar-refractivity contribution < 1.29 is 0 Å². The first kappa shape index (κ1) is 91.8. The molecule has 0 aliphatic rings. The van der Waals surface area contributed by atoms with Crippen molar-refractivity contribution in [2.75, 3.05) is 0 Å². The maximum absolute atomic E-state index is 4.11. The van der Waals surface area contributed by atoms with Crippen molar-refractivity contribution in [3.05, 3.63) is 250 Å². The van der Waals surface area contributed by atoms with E-state index in [-0.39, 0.29) is 0 Å². The molecule has 15 aromatic carbocycles. The second kappa shape index (κ2) is 36.9. The second-order valence-electron chi connectivity index (χ2n) is 40.0. The first-order chi connectivity index (χ1) is 58.9. The summed E-state index contributed by atoms with van der Waals surface area (Å²) in [6.07, 6.45) is 0. The van der Waals surface area contributed by atoms with Crippen LogP contribution in [0.4, 0.5) is 0 Å². The molecule has 0 aliphatic carbocycles. The summed E-state index contributed by atoms with van der Waals surface area (Å²) >= 11 is 0. The van der Waals surface area contributed by atoms with Crippen molar-refractivity contribution in [1.82, 2.24) is 0 Å². The minimum Gasteiger partial charge on any atom is -0.127 e. The first-order valence-electron chi connectivity index (χ1n) is 46.6. The molecule has 0 spiro atoms. The lowest BCUT2D eigenvalue weighted by molar-refractivity contribution is 0.838. The Kier molecular flexibility index (Phi) is 27.3. The van der Waals surface area contributed by atoms with Gasteiger partial charge in [0.1, 0.15) is 48.4 Å². The van der Waals surface area contributed by atoms with E-state index in [4.69, 9.17) is 0 Å². The van der Waals surface area contributed by atoms with E-state index in [1.54, 1.807) is 0 Å². The van der Waals surface area contributed by atoms with Gasteiger partial charge in [0.05, 0.1) is 0 Å². The van der Waals surface area contributed by atoms with Crippen LogP contribution in [-0.4, -0.2) is 48.4 Å². The number of fused-ring (bicyclic) bond motifs is 12. The van der Waals surface area contributed by atoms with Gasteiger partial charge >= 0.3 is 0 Å². The fourth-order valence-corrected chi connectivity index (χ4v) is 36.9. The van der Waals surface area contributed by atoms with Crippen LogP contribution in [-0.2, 0) is 0 Å². The van der Waals surface area contributed by atoms with Gasteiger partial charge in [-0.15, -0.1) is 33.3 Å². The molecule has 15 rings (SSSR count). The maximum atomic E-state index is 4.11. The van der Waals surface area contributed by atoms with Crippen LogP contribution in [0.2, 0.25) is 109 Å². The van der Waals surface area contributed by atoms with Gasteiger partial charge in [-0.3, -0.25) is 0 Å². The van der Waals surface area contributed by atoms with Crippen LogP contribution in [0.15, 0.2) is 194 Å². The summed E-state index contributed by atoms with van der Waals surface area (Å²) in [7, 11) is -10.4. The molecule has 0 atom stereocenters. The highest BCUT2D eigenvalue weighted by Crippen LogP contribution is 2.47. The Bertz CT molecular complexity index is 6360. The highest BCUT2D eigenvalue weighted by atomic mass is 28.3. The van der Waals surface area contributed by atoms with Crippen molar-refractivity contribution in [3.8, 4) is 68.8 Å². The van der Waals surface area contributed by atoms with Crippen molar-refractivity contribution in [2.24, 2.45) is 0 Å². The summed E-state index contributed by atoms with van der Waals surface area (Å²) in [5.41, 5.74) is 39.3. The Morgan fingerprint density at radius 2 is 0.355 bits per heavy atom. The Hall–Kier alpha value is -9.92. The predicted octanol–water partition coefficient (Wildman–Crippen LogP) is 34.5. The first-order valence-corrected chi connectivity index (χ1v) is 63.3. The summed E-state index contributed by atoms with van der Waals surface area (Å²) in [6, 6.07) is 79.8. The lowest BCUT2D eigenvalue weighted by Gasteiger charge is -2.38. The average molecular weight is 1720 g/mol. The van der Waals surface area contributed by atoms with E-state index in [9.17, 15) is 0 Å². The average Bonchev–Trinajstić information content (AvgIpc) is 0.730. The molecule has 0 amide bonds. The number of hydrogen-bond donors (Lipinski definition) is 0. The number of hydrogen-bond acceptors (Lipinski definition) is 0. The molecule has 124 heavy (non-hydrogen) atoms. The minimum absolute atomic E-state index is 0.575. The zero-order valence-electron chi connectivity index (χ0n) is 80.2. The summed E-state index contributed by atoms with van der Waals surface area (Å²) in [5.74, 6) is 23.1. The molecule has 0 radical (unpaired) electrons. The zero-order valence-corrected chi connectivity index (χ0v) is 86.2. The van der Waals surface area contributed by atoms with E-state index in [0.29, 0.717) is 33.2 Å². The molecule has 6 heteroatoms. The summed E-state index contributed by atoms with van der Waals surface area (Å²) in [4.78, 5) is 0. The molecule has 630 valence electrons. The quantitative estimate of drug-likeness (QED) is 0.0650. The predicted molar refractivity (Wildman–Crippen MR) is 573 cm³/mol. The molecule has 0 saturated heterocycles. The number of aryl methyl sites for hydroxylation is 4. The second-order valence-corrected chi connectivity index (χ2v) is 70.5. The van der Waals surface area contributed by atoms with Gasteiger partial charge in [-0.2, -0.15) is 0 Å². The molecule has 0 nitrogen and oxygen atoms in total. The minimum atomic E-state index is -1.97. The maximum Gasteiger partial charge on any atom is 0.146 e. The van der Waals surface area contributed by atoms with Crippen molar-refractivity contribution in [2.45, 2.75) is 261 Å². The number of rotatable bonds is 12. The molecule has 0 N–H and O–H groups in total. The van der Waals surface area contributed by atoms with Crippen LogP contribution < -0.4 is 0 Å². The van der Waals surface area contributed by atoms with Gasteiger partial charge in [-0.05, 0) is 322 Å². The van der Waals surface area contributed by atoms with Crippen LogP contribution in [0, 0.1) is 96.5 Å². The van der Waals surface area contributed by atoms with E-state index in [1.807, 2.05) is 0 Å². The van der Waals surface area contributed by atoms with Crippen LogP contribution in [0.3, 0.4) is 0 Å². The van der Waals surface area contributed by atoms with E-state index >= 15 is 0 Å². The van der Waals surface area contributed by atoms with Crippen LogP contribution in [0.5, 0.6) is 0 Å². The topological polar surface area (TPSA) is 0 Å². The van der Waals surface area contributed by atoms with Crippen molar-refractivity contribution >= 4 is 178 Å². The lowest BCUT2D eigenvalue weighted by atomic mass is 9.86. The van der Waals surface area contributed by atoms with E-state index < -0.39 is 48.4 Å². The molecule has 15 aromatic rings. The fraction of sp³-hybridized carbons (Fsp3) is 0.339. The highest BCUT2D eigenvalue weighted by Gasteiger charge is 2.43. The summed E-state index contributed by atoms with van der Waals surface area (Å²) in [6.45, 7) is 65.8. The molecular weight excluding hydrogens is 1590 g/mol. The lowest BCUT2D eigenvalue weighted by Crippen LogP contribution is -2.43. The molecule has 0 aliphatic heterocycles. The van der Waals surface area contributed by atoms with Gasteiger partial charge in [0.15, 0.2) is 0 Å². The van der Waals surface area contributed by atoms with Crippen molar-refractivity contribution in [3.63, 3.8) is 0 Å². The molecule has 0 bridgehead atoms. The Morgan fingerprint density at radius 3 is 0.508 bits per heavy atom. The normalized spacial score (nSPS) is 12.3.